The number of rotatable bonds is 7. The second-order valence-corrected chi connectivity index (χ2v) is 9.85. The van der Waals surface area contributed by atoms with E-state index in [9.17, 15) is 22.4 Å². The average molecular weight is 553 g/mol. The largest absolute Gasteiger partial charge is 0.417 e. The van der Waals surface area contributed by atoms with Crippen LogP contribution in [0.1, 0.15) is 28.2 Å². The number of benzene rings is 1. The predicted molar refractivity (Wildman–Crippen MR) is 148 cm³/mol. The quantitative estimate of drug-likeness (QED) is 0.302. The summed E-state index contributed by atoms with van der Waals surface area (Å²) in [5.74, 6) is -0.316. The van der Waals surface area contributed by atoms with Gasteiger partial charge in [-0.3, -0.25) is 4.79 Å². The molecule has 1 amide bonds. The molecule has 1 fully saturated rings. The van der Waals surface area contributed by atoms with Gasteiger partial charge in [-0.1, -0.05) is 24.8 Å². The van der Waals surface area contributed by atoms with Crippen LogP contribution < -0.4 is 10.6 Å². The molecule has 0 bridgehead atoms. The number of fused-ring (bicyclic) bond motifs is 2. The topological polar surface area (TPSA) is 74.6 Å². The zero-order chi connectivity index (χ0) is 28.4. The maximum Gasteiger partial charge on any atom is 0.417 e. The van der Waals surface area contributed by atoms with Crippen LogP contribution >= 0.6 is 0 Å². The van der Waals surface area contributed by atoms with E-state index in [1.165, 1.54) is 6.08 Å². The molecule has 0 saturated carbocycles. The van der Waals surface area contributed by atoms with Crippen LogP contribution in [0, 0.1) is 0 Å². The minimum atomic E-state index is -4.69. The summed E-state index contributed by atoms with van der Waals surface area (Å²) in [5.41, 5.74) is 0.675. The Morgan fingerprint density at radius 3 is 2.83 bits per heavy atom. The summed E-state index contributed by atoms with van der Waals surface area (Å²) in [6.45, 7) is 4.36. The van der Waals surface area contributed by atoms with Gasteiger partial charge in [0, 0.05) is 42.3 Å². The fourth-order valence-corrected chi connectivity index (χ4v) is 4.78. The van der Waals surface area contributed by atoms with E-state index in [1.807, 2.05) is 11.9 Å². The number of piperidine rings is 1. The van der Waals surface area contributed by atoms with E-state index >= 15 is 0 Å². The Labute approximate surface area is 228 Å². The second-order valence-electron chi connectivity index (χ2n) is 9.85. The summed E-state index contributed by atoms with van der Waals surface area (Å²) in [5, 5.41) is 6.70. The van der Waals surface area contributed by atoms with Crippen molar-refractivity contribution in [2.75, 3.05) is 32.0 Å². The molecule has 2 N–H and O–H groups in total. The molecule has 0 spiro atoms. The van der Waals surface area contributed by atoms with Crippen molar-refractivity contribution in [1.82, 2.24) is 24.6 Å². The fraction of sp³-hybridized carbons (Fsp3) is 0.276. The number of pyridine rings is 2. The van der Waals surface area contributed by atoms with Gasteiger partial charge in [-0.25, -0.2) is 14.4 Å². The zero-order valence-electron chi connectivity index (χ0n) is 21.8. The van der Waals surface area contributed by atoms with Gasteiger partial charge in [0.2, 0.25) is 0 Å². The third kappa shape index (κ3) is 5.84. The number of hydrogen-bond donors (Lipinski definition) is 2. The van der Waals surface area contributed by atoms with E-state index in [1.54, 1.807) is 65.6 Å². The lowest BCUT2D eigenvalue weighted by atomic mass is 9.99. The molecule has 208 valence electrons. The molecule has 0 unspecified atom stereocenters. The van der Waals surface area contributed by atoms with E-state index in [2.05, 4.69) is 27.2 Å². The summed E-state index contributed by atoms with van der Waals surface area (Å²) in [4.78, 5) is 22.7. The number of allylic oxidation sites excluding steroid dienone is 1. The number of imidazole rings is 1. The lowest BCUT2D eigenvalue weighted by Crippen LogP contribution is -2.46. The zero-order valence-corrected chi connectivity index (χ0v) is 21.8. The van der Waals surface area contributed by atoms with Crippen LogP contribution in [-0.2, 0) is 0 Å². The summed E-state index contributed by atoms with van der Waals surface area (Å²) in [7, 11) is 1.85. The van der Waals surface area contributed by atoms with Crippen LogP contribution in [0.5, 0.6) is 0 Å². The van der Waals surface area contributed by atoms with E-state index in [-0.39, 0.29) is 35.8 Å². The van der Waals surface area contributed by atoms with Crippen LogP contribution in [0.4, 0.5) is 23.2 Å². The Hall–Kier alpha value is -4.25. The number of alkyl halides is 4. The summed E-state index contributed by atoms with van der Waals surface area (Å²) < 4.78 is 57.6. The van der Waals surface area contributed by atoms with Gasteiger partial charge in [0.25, 0.3) is 5.91 Å². The van der Waals surface area contributed by atoms with Gasteiger partial charge in [-0.2, -0.15) is 13.2 Å². The number of likely N-dealkylation sites (tertiary alicyclic amines) is 1. The highest BCUT2D eigenvalue weighted by Gasteiger charge is 2.35. The molecular formula is C29H28F4N6O. The summed E-state index contributed by atoms with van der Waals surface area (Å²) >= 11 is 0. The van der Waals surface area contributed by atoms with Crippen LogP contribution in [-0.4, -0.2) is 70.2 Å². The Morgan fingerprint density at radius 2 is 2.05 bits per heavy atom. The lowest BCUT2D eigenvalue weighted by Gasteiger charge is -2.33. The van der Waals surface area contributed by atoms with Crippen LogP contribution in [0.3, 0.4) is 0 Å². The Morgan fingerprint density at radius 1 is 1.23 bits per heavy atom. The molecule has 7 nitrogen and oxygen atoms in total. The third-order valence-corrected chi connectivity index (χ3v) is 6.95. The van der Waals surface area contributed by atoms with Crippen LogP contribution in [0.2, 0.25) is 0 Å². The third-order valence-electron chi connectivity index (χ3n) is 6.95. The summed E-state index contributed by atoms with van der Waals surface area (Å²) in [6.07, 6.45) is 2.80. The van der Waals surface area contributed by atoms with E-state index < -0.39 is 24.0 Å². The fourth-order valence-electron chi connectivity index (χ4n) is 4.78. The van der Waals surface area contributed by atoms with Crippen LogP contribution in [0.15, 0.2) is 67.8 Å². The van der Waals surface area contributed by atoms with Crippen molar-refractivity contribution in [3.63, 3.8) is 0 Å². The highest BCUT2D eigenvalue weighted by atomic mass is 19.4. The van der Waals surface area contributed by atoms with Gasteiger partial charge in [0.05, 0.1) is 46.6 Å². The number of amides is 1. The number of nitrogens with zero attached hydrogens (tertiary/aromatic N) is 4. The first-order valence-electron chi connectivity index (χ1n) is 12.8. The van der Waals surface area contributed by atoms with Crippen molar-refractivity contribution >= 4 is 39.5 Å². The molecule has 3 aromatic heterocycles. The average Bonchev–Trinajstić information content (AvgIpc) is 3.39. The number of hydrogen-bond acceptors (Lipinski definition) is 5. The molecule has 1 aromatic carbocycles. The van der Waals surface area contributed by atoms with E-state index in [0.717, 1.165) is 5.52 Å². The number of aromatic nitrogens is 3. The van der Waals surface area contributed by atoms with Crippen molar-refractivity contribution in [3.05, 3.63) is 84.7 Å². The maximum absolute atomic E-state index is 14.8. The molecular weight excluding hydrogens is 524 g/mol. The number of halogens is 4. The van der Waals surface area contributed by atoms with Crippen molar-refractivity contribution in [3.8, 4) is 0 Å². The highest BCUT2D eigenvalue weighted by molar-refractivity contribution is 6.01. The minimum Gasteiger partial charge on any atom is -0.379 e. The molecule has 4 heterocycles. The first kappa shape index (κ1) is 27.3. The molecule has 2 atom stereocenters. The normalized spacial score (nSPS) is 18.4. The second kappa shape index (κ2) is 11.1. The number of anilines is 1. The molecule has 5 rings (SSSR count). The van der Waals surface area contributed by atoms with Gasteiger partial charge in [0.1, 0.15) is 6.17 Å². The van der Waals surface area contributed by atoms with E-state index in [0.29, 0.717) is 29.6 Å². The first-order valence-corrected chi connectivity index (χ1v) is 12.8. The smallest absolute Gasteiger partial charge is 0.379 e. The van der Waals surface area contributed by atoms with Crippen molar-refractivity contribution in [2.45, 2.75) is 24.8 Å². The number of nitrogens with one attached hydrogen (secondary N) is 2. The molecule has 0 aliphatic carbocycles. The minimum absolute atomic E-state index is 0.120. The molecule has 11 heteroatoms. The Balaban J connectivity index is 1.40. The number of carbonyl (C=O) groups excluding carboxylic acids is 1. The molecule has 4 aromatic rings. The standard InChI is InChI=1S/C29H28F4N6O/c1-18(29(31,32)33)27-22-6-3-7-25(37-26-10-12-38(2)16-24(26)30)23(22)13-20(36-27)5-4-11-35-28(40)19-8-9-21-14-34-17-39(21)15-19/h3-9,13-15,17,24,26,37H,1,10-12,16H2,2H3,(H,35,40)/b5-4+/t24-,26+/m0/s1. The predicted octanol–water partition coefficient (Wildman–Crippen LogP) is 5.36. The molecule has 40 heavy (non-hydrogen) atoms. The van der Waals surface area contributed by atoms with Gasteiger partial charge in [-0.05, 0) is 43.8 Å². The van der Waals surface area contributed by atoms with Gasteiger partial charge in [-0.15, -0.1) is 0 Å². The Bertz CT molecular complexity index is 1590. The molecule has 1 aliphatic rings. The first-order chi connectivity index (χ1) is 19.1. The van der Waals surface area contributed by atoms with Crippen molar-refractivity contribution in [2.24, 2.45) is 0 Å². The van der Waals surface area contributed by atoms with Crippen molar-refractivity contribution < 1.29 is 22.4 Å². The van der Waals surface area contributed by atoms with Crippen molar-refractivity contribution in [1.29, 1.82) is 0 Å². The summed E-state index contributed by atoms with van der Waals surface area (Å²) in [6, 6.07) is 9.52. The van der Waals surface area contributed by atoms with Crippen LogP contribution in [0.25, 0.3) is 27.9 Å². The molecule has 0 radical (unpaired) electrons. The molecule has 1 saturated heterocycles. The van der Waals surface area contributed by atoms with Gasteiger partial charge in [0.15, 0.2) is 0 Å². The highest BCUT2D eigenvalue weighted by Crippen LogP contribution is 2.37. The SMILES string of the molecule is C=C(c1nc(/C=C/CNC(=O)c2ccc3cncn3c2)cc2c(N[C@@H]3CCN(C)C[C@@H]3F)cccc12)C(F)(F)F. The lowest BCUT2D eigenvalue weighted by molar-refractivity contribution is -0.0688. The Kier molecular flexibility index (Phi) is 7.57. The van der Waals surface area contributed by atoms with Gasteiger partial charge < -0.3 is 19.9 Å². The molecule has 1 aliphatic heterocycles. The van der Waals surface area contributed by atoms with E-state index in [4.69, 9.17) is 0 Å². The van der Waals surface area contributed by atoms with Gasteiger partial charge >= 0.3 is 6.18 Å². The maximum atomic E-state index is 14.8. The monoisotopic (exact) mass is 552 g/mol. The number of carbonyl (C=O) groups is 1.